The number of nitrogens with two attached hydrogens (primary N) is 1. The average Bonchev–Trinajstić information content (AvgIpc) is 3.19. The normalized spacial score (nSPS) is 22.4. The Balaban J connectivity index is 1.80. The monoisotopic (exact) mass is 270 g/mol. The second-order valence-electron chi connectivity index (χ2n) is 5.40. The Labute approximate surface area is 114 Å². The van der Waals surface area contributed by atoms with Crippen molar-refractivity contribution in [3.05, 3.63) is 0 Å². The number of hydrogen-bond donors (Lipinski definition) is 2. The maximum absolute atomic E-state index is 12.3. The highest BCUT2D eigenvalue weighted by Crippen LogP contribution is 2.33. The highest BCUT2D eigenvalue weighted by atomic mass is 32.1. The summed E-state index contributed by atoms with van der Waals surface area (Å²) < 4.78 is 5.30. The quantitative estimate of drug-likeness (QED) is 0.565. The Kier molecular flexibility index (Phi) is 4.56. The molecule has 0 atom stereocenters. The molecule has 3 N–H and O–H groups in total. The van der Waals surface area contributed by atoms with Crippen molar-refractivity contribution in [3.63, 3.8) is 0 Å². The molecule has 1 saturated carbocycles. The van der Waals surface area contributed by atoms with Gasteiger partial charge >= 0.3 is 0 Å². The van der Waals surface area contributed by atoms with Crippen molar-refractivity contribution in [2.45, 2.75) is 38.5 Å². The van der Waals surface area contributed by atoms with Gasteiger partial charge in [0, 0.05) is 19.8 Å². The van der Waals surface area contributed by atoms with Crippen molar-refractivity contribution < 1.29 is 9.53 Å². The van der Waals surface area contributed by atoms with Gasteiger partial charge in [0.1, 0.15) is 5.41 Å². The fraction of sp³-hybridized carbons (Fsp3) is 0.846. The zero-order valence-corrected chi connectivity index (χ0v) is 11.6. The van der Waals surface area contributed by atoms with E-state index in [1.807, 2.05) is 0 Å². The lowest BCUT2D eigenvalue weighted by molar-refractivity contribution is -0.131. The average molecular weight is 270 g/mol. The second-order valence-corrected chi connectivity index (χ2v) is 5.84. The van der Waals surface area contributed by atoms with Gasteiger partial charge in [-0.05, 0) is 31.6 Å². The molecule has 0 unspecified atom stereocenters. The van der Waals surface area contributed by atoms with Gasteiger partial charge in [-0.2, -0.15) is 0 Å². The van der Waals surface area contributed by atoms with E-state index >= 15 is 0 Å². The van der Waals surface area contributed by atoms with Crippen molar-refractivity contribution in [3.8, 4) is 0 Å². The minimum absolute atomic E-state index is 0.00547. The Morgan fingerprint density at radius 1 is 1.39 bits per heavy atom. The van der Waals surface area contributed by atoms with Gasteiger partial charge in [0.2, 0.25) is 5.91 Å². The van der Waals surface area contributed by atoms with Crippen LogP contribution in [0.2, 0.25) is 0 Å². The summed E-state index contributed by atoms with van der Waals surface area (Å²) in [7, 11) is 0. The summed E-state index contributed by atoms with van der Waals surface area (Å²) in [5, 5.41) is 3.00. The van der Waals surface area contributed by atoms with Crippen LogP contribution < -0.4 is 11.1 Å². The third-order valence-corrected chi connectivity index (χ3v) is 4.42. The number of nitrogens with one attached hydrogen (secondary N) is 1. The molecule has 5 heteroatoms. The number of hydrogen-bond acceptors (Lipinski definition) is 3. The number of carbonyl (C=O) groups is 1. The first-order valence-corrected chi connectivity index (χ1v) is 7.22. The molecule has 0 aromatic rings. The standard InChI is InChI=1S/C13H22N2O2S/c14-11(18)13(5-8-17-9-6-13)12(16)15-7-1-2-10-3-4-10/h10H,1-9H2,(H2,14,18)(H,15,16). The fourth-order valence-corrected chi connectivity index (χ4v) is 2.77. The smallest absolute Gasteiger partial charge is 0.233 e. The topological polar surface area (TPSA) is 64.4 Å². The molecule has 0 radical (unpaired) electrons. The highest BCUT2D eigenvalue weighted by Gasteiger charge is 2.42. The van der Waals surface area contributed by atoms with Gasteiger partial charge in [-0.25, -0.2) is 0 Å². The van der Waals surface area contributed by atoms with Crippen LogP contribution in [-0.4, -0.2) is 30.7 Å². The van der Waals surface area contributed by atoms with E-state index in [4.69, 9.17) is 22.7 Å². The molecule has 102 valence electrons. The number of ether oxygens (including phenoxy) is 1. The van der Waals surface area contributed by atoms with Gasteiger partial charge in [-0.1, -0.05) is 25.1 Å². The van der Waals surface area contributed by atoms with Gasteiger partial charge in [0.05, 0.1) is 4.99 Å². The molecule has 1 aliphatic carbocycles. The Morgan fingerprint density at radius 2 is 2.06 bits per heavy atom. The maximum atomic E-state index is 12.3. The molecule has 0 spiro atoms. The first-order valence-electron chi connectivity index (χ1n) is 6.81. The zero-order valence-electron chi connectivity index (χ0n) is 10.7. The van der Waals surface area contributed by atoms with Gasteiger partial charge in [-0.15, -0.1) is 0 Å². The van der Waals surface area contributed by atoms with Crippen LogP contribution in [0.5, 0.6) is 0 Å². The number of thiocarbonyl (C=S) groups is 1. The molecule has 0 bridgehead atoms. The summed E-state index contributed by atoms with van der Waals surface area (Å²) in [4.78, 5) is 12.6. The molecule has 1 aliphatic heterocycles. The predicted molar refractivity (Wildman–Crippen MR) is 74.2 cm³/mol. The van der Waals surface area contributed by atoms with Crippen LogP contribution in [0.15, 0.2) is 0 Å². The van der Waals surface area contributed by atoms with Crippen molar-refractivity contribution in [2.24, 2.45) is 17.1 Å². The van der Waals surface area contributed by atoms with Gasteiger partial charge in [-0.3, -0.25) is 4.79 Å². The fourth-order valence-electron chi connectivity index (χ4n) is 2.47. The predicted octanol–water partition coefficient (Wildman–Crippen LogP) is 1.38. The molecule has 1 amide bonds. The second kappa shape index (κ2) is 5.97. The molecular formula is C13H22N2O2S. The number of rotatable bonds is 6. The van der Waals surface area contributed by atoms with E-state index in [9.17, 15) is 4.79 Å². The summed E-state index contributed by atoms with van der Waals surface area (Å²) in [5.74, 6) is 0.906. The summed E-state index contributed by atoms with van der Waals surface area (Å²) in [6.07, 6.45) is 6.22. The van der Waals surface area contributed by atoms with E-state index in [0.717, 1.165) is 18.9 Å². The lowest BCUT2D eigenvalue weighted by atomic mass is 9.79. The third-order valence-electron chi connectivity index (χ3n) is 4.02. The molecule has 2 fully saturated rings. The largest absolute Gasteiger partial charge is 0.392 e. The SMILES string of the molecule is NC(=S)C1(C(=O)NCCCC2CC2)CCOCC1. The number of amides is 1. The Bertz CT molecular complexity index is 323. The molecule has 0 aromatic heterocycles. The highest BCUT2D eigenvalue weighted by molar-refractivity contribution is 7.80. The lowest BCUT2D eigenvalue weighted by Gasteiger charge is -2.34. The summed E-state index contributed by atoms with van der Waals surface area (Å²) in [6.45, 7) is 1.86. The first kappa shape index (κ1) is 13.7. The van der Waals surface area contributed by atoms with Gasteiger partial charge in [0.25, 0.3) is 0 Å². The van der Waals surface area contributed by atoms with Crippen LogP contribution in [-0.2, 0) is 9.53 Å². The Hall–Kier alpha value is -0.680. The van der Waals surface area contributed by atoms with E-state index in [1.165, 1.54) is 19.3 Å². The van der Waals surface area contributed by atoms with Crippen LogP contribution in [0.4, 0.5) is 0 Å². The molecule has 18 heavy (non-hydrogen) atoms. The number of carbonyl (C=O) groups excluding carboxylic acids is 1. The van der Waals surface area contributed by atoms with Crippen LogP contribution in [0.3, 0.4) is 0 Å². The van der Waals surface area contributed by atoms with Crippen LogP contribution in [0.1, 0.15) is 38.5 Å². The summed E-state index contributed by atoms with van der Waals surface area (Å²) >= 11 is 5.10. The van der Waals surface area contributed by atoms with E-state index < -0.39 is 5.41 Å². The zero-order chi connectivity index (χ0) is 13.0. The first-order chi connectivity index (χ1) is 8.65. The Morgan fingerprint density at radius 3 is 2.61 bits per heavy atom. The van der Waals surface area contributed by atoms with Crippen molar-refractivity contribution in [1.82, 2.24) is 5.32 Å². The molecular weight excluding hydrogens is 248 g/mol. The molecule has 2 aliphatic rings. The van der Waals surface area contributed by atoms with E-state index in [2.05, 4.69) is 5.32 Å². The van der Waals surface area contributed by atoms with Crippen molar-refractivity contribution in [2.75, 3.05) is 19.8 Å². The summed E-state index contributed by atoms with van der Waals surface area (Å²) in [5.41, 5.74) is 5.11. The minimum Gasteiger partial charge on any atom is -0.392 e. The molecule has 1 heterocycles. The van der Waals surface area contributed by atoms with Crippen molar-refractivity contribution >= 4 is 23.1 Å². The summed E-state index contributed by atoms with van der Waals surface area (Å²) in [6, 6.07) is 0. The molecule has 2 rings (SSSR count). The van der Waals surface area contributed by atoms with Gasteiger partial charge < -0.3 is 15.8 Å². The molecule has 1 saturated heterocycles. The maximum Gasteiger partial charge on any atom is 0.233 e. The van der Waals surface area contributed by atoms with E-state index in [-0.39, 0.29) is 5.91 Å². The third kappa shape index (κ3) is 3.20. The molecule has 0 aromatic carbocycles. The van der Waals surface area contributed by atoms with Crippen LogP contribution in [0, 0.1) is 11.3 Å². The van der Waals surface area contributed by atoms with Crippen molar-refractivity contribution in [1.29, 1.82) is 0 Å². The van der Waals surface area contributed by atoms with Gasteiger partial charge in [0.15, 0.2) is 0 Å². The van der Waals surface area contributed by atoms with Crippen LogP contribution >= 0.6 is 12.2 Å². The van der Waals surface area contributed by atoms with E-state index in [0.29, 0.717) is 31.0 Å². The molecule has 4 nitrogen and oxygen atoms in total. The van der Waals surface area contributed by atoms with E-state index in [1.54, 1.807) is 0 Å². The van der Waals surface area contributed by atoms with Crippen LogP contribution in [0.25, 0.3) is 0 Å². The lowest BCUT2D eigenvalue weighted by Crippen LogP contribution is -2.52. The minimum atomic E-state index is -0.673.